The number of amides is 1. The SMILES string of the molecule is CCOCCOc1ccc(C(=O)Nc2cccc(OCC3CCCO3)c2)cc1. The first-order valence-electron chi connectivity index (χ1n) is 9.71. The maximum Gasteiger partial charge on any atom is 0.255 e. The molecule has 1 N–H and O–H groups in total. The molecule has 0 radical (unpaired) electrons. The molecule has 1 heterocycles. The largest absolute Gasteiger partial charge is 0.491 e. The van der Waals surface area contributed by atoms with E-state index in [4.69, 9.17) is 18.9 Å². The van der Waals surface area contributed by atoms with Gasteiger partial charge in [-0.1, -0.05) is 6.07 Å². The zero-order valence-corrected chi connectivity index (χ0v) is 16.2. The van der Waals surface area contributed by atoms with E-state index in [1.54, 1.807) is 24.3 Å². The molecule has 0 spiro atoms. The second kappa shape index (κ2) is 10.7. The first-order chi connectivity index (χ1) is 13.7. The third-order valence-electron chi connectivity index (χ3n) is 4.37. The van der Waals surface area contributed by atoms with Gasteiger partial charge < -0.3 is 24.3 Å². The Morgan fingerprint density at radius 2 is 1.96 bits per heavy atom. The van der Waals surface area contributed by atoms with Gasteiger partial charge in [0.25, 0.3) is 5.91 Å². The van der Waals surface area contributed by atoms with Crippen LogP contribution in [0.25, 0.3) is 0 Å². The Kier molecular flexibility index (Phi) is 7.70. The van der Waals surface area contributed by atoms with Crippen molar-refractivity contribution >= 4 is 11.6 Å². The summed E-state index contributed by atoms with van der Waals surface area (Å²) < 4.78 is 22.1. The summed E-state index contributed by atoms with van der Waals surface area (Å²) in [5.41, 5.74) is 1.25. The van der Waals surface area contributed by atoms with Crippen molar-refractivity contribution in [3.63, 3.8) is 0 Å². The molecule has 1 aliphatic rings. The molecular weight excluding hydrogens is 358 g/mol. The first-order valence-corrected chi connectivity index (χ1v) is 9.71. The first kappa shape index (κ1) is 20.2. The molecule has 150 valence electrons. The van der Waals surface area contributed by atoms with Crippen LogP contribution in [0.3, 0.4) is 0 Å². The Morgan fingerprint density at radius 1 is 1.11 bits per heavy atom. The van der Waals surface area contributed by atoms with E-state index in [0.29, 0.717) is 49.2 Å². The molecule has 0 aromatic heterocycles. The number of anilines is 1. The van der Waals surface area contributed by atoms with Gasteiger partial charge in [0.05, 0.1) is 12.7 Å². The lowest BCUT2D eigenvalue weighted by Crippen LogP contribution is -2.16. The van der Waals surface area contributed by atoms with E-state index in [9.17, 15) is 4.79 Å². The summed E-state index contributed by atoms with van der Waals surface area (Å²) >= 11 is 0. The van der Waals surface area contributed by atoms with E-state index < -0.39 is 0 Å². The molecule has 1 saturated heterocycles. The van der Waals surface area contributed by atoms with Crippen LogP contribution in [0.1, 0.15) is 30.1 Å². The topological polar surface area (TPSA) is 66.0 Å². The Bertz CT molecular complexity index is 741. The highest BCUT2D eigenvalue weighted by atomic mass is 16.5. The van der Waals surface area contributed by atoms with E-state index in [2.05, 4.69) is 5.32 Å². The van der Waals surface area contributed by atoms with Crippen molar-refractivity contribution < 1.29 is 23.7 Å². The molecule has 2 aromatic carbocycles. The highest BCUT2D eigenvalue weighted by molar-refractivity contribution is 6.04. The van der Waals surface area contributed by atoms with Gasteiger partial charge in [-0.3, -0.25) is 4.79 Å². The molecule has 0 saturated carbocycles. The van der Waals surface area contributed by atoms with Crippen LogP contribution in [0.15, 0.2) is 48.5 Å². The Hall–Kier alpha value is -2.57. The average Bonchev–Trinajstić information content (AvgIpc) is 3.24. The molecule has 1 aliphatic heterocycles. The second-order valence-corrected chi connectivity index (χ2v) is 6.50. The van der Waals surface area contributed by atoms with Crippen LogP contribution in [0.2, 0.25) is 0 Å². The zero-order valence-electron chi connectivity index (χ0n) is 16.2. The normalized spacial score (nSPS) is 16.0. The Labute approximate surface area is 165 Å². The molecule has 6 nitrogen and oxygen atoms in total. The van der Waals surface area contributed by atoms with Gasteiger partial charge in [0.1, 0.15) is 24.7 Å². The van der Waals surface area contributed by atoms with Gasteiger partial charge in [-0.25, -0.2) is 0 Å². The number of nitrogens with one attached hydrogen (secondary N) is 1. The maximum absolute atomic E-state index is 12.5. The van der Waals surface area contributed by atoms with E-state index in [0.717, 1.165) is 19.4 Å². The fourth-order valence-corrected chi connectivity index (χ4v) is 2.90. The molecule has 1 fully saturated rings. The summed E-state index contributed by atoms with van der Waals surface area (Å²) in [6, 6.07) is 14.4. The molecule has 1 atom stereocenters. The second-order valence-electron chi connectivity index (χ2n) is 6.50. The molecular formula is C22H27NO5. The van der Waals surface area contributed by atoms with Crippen molar-refractivity contribution in [1.29, 1.82) is 0 Å². The number of benzene rings is 2. The van der Waals surface area contributed by atoms with Crippen LogP contribution in [-0.2, 0) is 9.47 Å². The third kappa shape index (κ3) is 6.25. The minimum absolute atomic E-state index is 0.160. The van der Waals surface area contributed by atoms with Crippen molar-refractivity contribution in [2.75, 3.05) is 38.4 Å². The molecule has 1 amide bonds. The number of carbonyl (C=O) groups is 1. The molecule has 2 aromatic rings. The van der Waals surface area contributed by atoms with Crippen molar-refractivity contribution in [2.45, 2.75) is 25.9 Å². The fraction of sp³-hybridized carbons (Fsp3) is 0.409. The quantitative estimate of drug-likeness (QED) is 0.628. The molecule has 6 heteroatoms. The highest BCUT2D eigenvalue weighted by Gasteiger charge is 2.16. The number of carbonyl (C=O) groups excluding carboxylic acids is 1. The fourth-order valence-electron chi connectivity index (χ4n) is 2.90. The van der Waals surface area contributed by atoms with Gasteiger partial charge in [-0.15, -0.1) is 0 Å². The van der Waals surface area contributed by atoms with E-state index in [1.165, 1.54) is 0 Å². The van der Waals surface area contributed by atoms with Crippen LogP contribution in [0.5, 0.6) is 11.5 Å². The summed E-state index contributed by atoms with van der Waals surface area (Å²) in [6.07, 6.45) is 2.27. The van der Waals surface area contributed by atoms with Gasteiger partial charge in [-0.2, -0.15) is 0 Å². The van der Waals surface area contributed by atoms with Gasteiger partial charge in [0.2, 0.25) is 0 Å². The van der Waals surface area contributed by atoms with Gasteiger partial charge in [0.15, 0.2) is 0 Å². The van der Waals surface area contributed by atoms with Crippen molar-refractivity contribution in [1.82, 2.24) is 0 Å². The van der Waals surface area contributed by atoms with Gasteiger partial charge in [0, 0.05) is 30.5 Å². The maximum atomic E-state index is 12.5. The van der Waals surface area contributed by atoms with Crippen molar-refractivity contribution in [3.05, 3.63) is 54.1 Å². The van der Waals surface area contributed by atoms with Crippen LogP contribution < -0.4 is 14.8 Å². The molecule has 0 bridgehead atoms. The Morgan fingerprint density at radius 3 is 2.71 bits per heavy atom. The summed E-state index contributed by atoms with van der Waals surface area (Å²) in [5.74, 6) is 1.24. The van der Waals surface area contributed by atoms with Gasteiger partial charge in [-0.05, 0) is 56.2 Å². The van der Waals surface area contributed by atoms with Crippen LogP contribution in [0, 0.1) is 0 Å². The predicted molar refractivity (Wildman–Crippen MR) is 107 cm³/mol. The minimum Gasteiger partial charge on any atom is -0.491 e. The summed E-state index contributed by atoms with van der Waals surface area (Å²) in [7, 11) is 0. The van der Waals surface area contributed by atoms with E-state index >= 15 is 0 Å². The van der Waals surface area contributed by atoms with Crippen LogP contribution in [-0.4, -0.2) is 45.0 Å². The van der Waals surface area contributed by atoms with Crippen molar-refractivity contribution in [2.24, 2.45) is 0 Å². The number of hydrogen-bond donors (Lipinski definition) is 1. The predicted octanol–water partition coefficient (Wildman–Crippen LogP) is 3.91. The van der Waals surface area contributed by atoms with E-state index in [-0.39, 0.29) is 12.0 Å². The lowest BCUT2D eigenvalue weighted by molar-refractivity contribution is 0.0680. The number of ether oxygens (including phenoxy) is 4. The van der Waals surface area contributed by atoms with Crippen LogP contribution >= 0.6 is 0 Å². The lowest BCUT2D eigenvalue weighted by Gasteiger charge is -2.13. The summed E-state index contributed by atoms with van der Waals surface area (Å²) in [4.78, 5) is 12.5. The van der Waals surface area contributed by atoms with Gasteiger partial charge >= 0.3 is 0 Å². The minimum atomic E-state index is -0.183. The summed E-state index contributed by atoms with van der Waals surface area (Å²) in [6.45, 7) is 4.98. The standard InChI is InChI=1S/C22H27NO5/c1-2-25-13-14-27-19-10-8-17(9-11-19)22(24)23-18-5-3-6-20(15-18)28-16-21-7-4-12-26-21/h3,5-6,8-11,15,21H,2,4,7,12-14,16H2,1H3,(H,23,24). The lowest BCUT2D eigenvalue weighted by atomic mass is 10.2. The molecule has 28 heavy (non-hydrogen) atoms. The number of hydrogen-bond acceptors (Lipinski definition) is 5. The molecule has 3 rings (SSSR count). The smallest absolute Gasteiger partial charge is 0.255 e. The van der Waals surface area contributed by atoms with Crippen molar-refractivity contribution in [3.8, 4) is 11.5 Å². The third-order valence-corrected chi connectivity index (χ3v) is 4.37. The highest BCUT2D eigenvalue weighted by Crippen LogP contribution is 2.21. The van der Waals surface area contributed by atoms with Crippen LogP contribution in [0.4, 0.5) is 5.69 Å². The summed E-state index contributed by atoms with van der Waals surface area (Å²) in [5, 5.41) is 2.89. The molecule has 0 aliphatic carbocycles. The van der Waals surface area contributed by atoms with E-state index in [1.807, 2.05) is 31.2 Å². The number of rotatable bonds is 10. The monoisotopic (exact) mass is 385 g/mol. The Balaban J connectivity index is 1.50. The molecule has 1 unspecified atom stereocenters. The zero-order chi connectivity index (χ0) is 19.6. The average molecular weight is 385 g/mol.